The number of anilines is 2. The first-order chi connectivity index (χ1) is 26.3. The summed E-state index contributed by atoms with van der Waals surface area (Å²) < 4.78 is 46.0. The summed E-state index contributed by atoms with van der Waals surface area (Å²) in [5.41, 5.74) is 0.610. The molecule has 6 aromatic carbocycles. The minimum atomic E-state index is -4.00. The van der Waals surface area contributed by atoms with Gasteiger partial charge in [0.25, 0.3) is 0 Å². The average Bonchev–Trinajstić information content (AvgIpc) is 3.11. The van der Waals surface area contributed by atoms with Gasteiger partial charge in [0.15, 0.2) is 0 Å². The first-order valence-corrected chi connectivity index (χ1v) is 19.0. The van der Waals surface area contributed by atoms with Crippen LogP contribution in [0.15, 0.2) is 127 Å². The average molecular weight is 854 g/mol. The van der Waals surface area contributed by atoms with E-state index in [4.69, 9.17) is 10.3 Å². The predicted octanol–water partition coefficient (Wildman–Crippen LogP) is 6.65. The molecule has 0 aliphatic heterocycles. The number of carbonyl (C=O) groups is 2. The van der Waals surface area contributed by atoms with Gasteiger partial charge in [0.05, 0.1) is 21.2 Å². The second kappa shape index (κ2) is 17.6. The van der Waals surface area contributed by atoms with Crippen LogP contribution in [0.25, 0.3) is 21.5 Å². The van der Waals surface area contributed by atoms with Crippen molar-refractivity contribution in [1.82, 2.24) is 0 Å². The van der Waals surface area contributed by atoms with Gasteiger partial charge in [-0.15, -0.1) is 20.5 Å². The van der Waals surface area contributed by atoms with Crippen LogP contribution in [0.3, 0.4) is 0 Å². The van der Waals surface area contributed by atoms with Crippen molar-refractivity contribution < 1.29 is 65.6 Å². The molecule has 10 N–H and O–H groups in total. The van der Waals surface area contributed by atoms with E-state index >= 15 is 0 Å². The third-order valence-corrected chi connectivity index (χ3v) is 9.50. The Labute approximate surface area is 336 Å². The van der Waals surface area contributed by atoms with Gasteiger partial charge in [-0.3, -0.25) is 9.59 Å². The summed E-state index contributed by atoms with van der Waals surface area (Å²) in [6.07, 6.45) is 0. The summed E-state index contributed by atoms with van der Waals surface area (Å²) in [7, 11) is -8.00. The molecule has 0 radical (unpaired) electrons. The third-order valence-electron chi connectivity index (χ3n) is 7.68. The minimum absolute atomic E-state index is 0. The molecule has 18 nitrogen and oxygen atoms in total. The van der Waals surface area contributed by atoms with Crippen molar-refractivity contribution in [3.05, 3.63) is 97.1 Å². The van der Waals surface area contributed by atoms with Crippen LogP contribution in [0.2, 0.25) is 0 Å². The van der Waals surface area contributed by atoms with E-state index in [1.54, 1.807) is 48.5 Å². The number of primary sulfonamides is 2. The normalized spacial score (nSPS) is 11.6. The van der Waals surface area contributed by atoms with Crippen molar-refractivity contribution in [1.29, 1.82) is 0 Å². The van der Waals surface area contributed by atoms with Gasteiger partial charge < -0.3 is 31.1 Å². The number of aromatic hydroxyl groups is 4. The van der Waals surface area contributed by atoms with Crippen LogP contribution in [-0.4, -0.2) is 49.1 Å². The molecule has 0 atom stereocenters. The van der Waals surface area contributed by atoms with Gasteiger partial charge in [0.1, 0.15) is 45.7 Å². The number of phenols is 4. The van der Waals surface area contributed by atoms with E-state index in [9.17, 15) is 46.9 Å². The molecular weight excluding hydrogens is 821 g/mol. The second-order valence-electron chi connectivity index (χ2n) is 11.8. The maximum absolute atomic E-state index is 11.5. The quantitative estimate of drug-likeness (QED) is 0.0753. The standard InChI is InChI=1S/2C18H16N4O5S.Cr/c2*1-10(23)20-13-4-2-3-11-5-7-16(25)18(17(11)13)22-21-14-9-12(28(19,26)27)6-8-15(14)24;/h2*2-9,24-25H,1H3,(H,20,23)(H2,19,26,27);/p+1. The van der Waals surface area contributed by atoms with Crippen LogP contribution in [0, 0.1) is 0 Å². The molecule has 0 aromatic heterocycles. The molecule has 21 heteroatoms. The summed E-state index contributed by atoms with van der Waals surface area (Å²) in [6, 6.07) is 23.0. The number of nitrogens with zero attached hydrogens (tertiary/aromatic N) is 4. The van der Waals surface area contributed by atoms with Crippen molar-refractivity contribution in [3.63, 3.8) is 0 Å². The molecule has 2 amide bonds. The number of hydrogen-bond donors (Lipinski definition) is 8. The van der Waals surface area contributed by atoms with Crippen LogP contribution in [0.4, 0.5) is 34.1 Å². The smallest absolute Gasteiger partial charge is 0.506 e. The van der Waals surface area contributed by atoms with E-state index in [2.05, 4.69) is 31.1 Å². The number of hydrogen-bond acceptors (Lipinski definition) is 14. The zero-order chi connectivity index (χ0) is 40.9. The van der Waals surface area contributed by atoms with Crippen LogP contribution in [0.5, 0.6) is 23.0 Å². The number of carbonyl (C=O) groups excluding carboxylic acids is 2. The van der Waals surface area contributed by atoms with Gasteiger partial charge in [-0.25, -0.2) is 27.1 Å². The Morgan fingerprint density at radius 1 is 0.544 bits per heavy atom. The number of nitrogens with two attached hydrogens (primary N) is 2. The molecule has 0 aliphatic carbocycles. The second-order valence-corrected chi connectivity index (χ2v) is 15.0. The number of nitrogens with one attached hydrogen (secondary N) is 2. The summed E-state index contributed by atoms with van der Waals surface area (Å²) in [6.45, 7) is 2.69. The van der Waals surface area contributed by atoms with Crippen LogP contribution >= 0.6 is 0 Å². The number of rotatable bonds is 8. The van der Waals surface area contributed by atoms with E-state index in [-0.39, 0.29) is 86.1 Å². The van der Waals surface area contributed by atoms with Gasteiger partial charge in [-0.2, -0.15) is 0 Å². The van der Waals surface area contributed by atoms with Gasteiger partial charge in [-0.1, -0.05) is 36.4 Å². The van der Waals surface area contributed by atoms with Crippen molar-refractivity contribution in [2.45, 2.75) is 23.6 Å². The van der Waals surface area contributed by atoms with Crippen LogP contribution < -0.4 is 20.9 Å². The van der Waals surface area contributed by atoms with Gasteiger partial charge in [0.2, 0.25) is 31.9 Å². The molecular formula is C36H33CrN8O10S2+. The van der Waals surface area contributed by atoms with Gasteiger partial charge in [0, 0.05) is 42.0 Å². The zero-order valence-electron chi connectivity index (χ0n) is 30.6. The van der Waals surface area contributed by atoms with Crippen molar-refractivity contribution in [3.8, 4) is 23.0 Å². The number of phenolic OH excluding ortho intramolecular Hbond substituents is 4. The fraction of sp³-hybridized carbons (Fsp3) is 0.0556. The Morgan fingerprint density at radius 2 is 0.895 bits per heavy atom. The fourth-order valence-electron chi connectivity index (χ4n) is 5.22. The molecule has 0 unspecified atom stereocenters. The maximum Gasteiger partial charge on any atom is 1.00 e. The minimum Gasteiger partial charge on any atom is -0.506 e. The van der Waals surface area contributed by atoms with E-state index in [0.717, 1.165) is 36.4 Å². The monoisotopic (exact) mass is 853 g/mol. The first kappa shape index (κ1) is 43.3. The SMILES string of the molecule is CC(=O)Nc1cccc2ccc(O)c(N=Nc3cc(S(N)(=O)=O)ccc3O)c12.CC(=O)Nc1cccc2ccc(O)c(N=Nc3cc(S(N)(=O)=O)ccc3O)c12.[Cr].[H+]. The third kappa shape index (κ3) is 10.4. The number of sulfonamides is 2. The van der Waals surface area contributed by atoms with E-state index < -0.39 is 20.0 Å². The number of benzene rings is 6. The molecule has 6 aromatic rings. The Hall–Kier alpha value is -6.47. The molecule has 0 saturated heterocycles. The first-order valence-electron chi connectivity index (χ1n) is 15.9. The van der Waals surface area contributed by atoms with Crippen molar-refractivity contribution in [2.75, 3.05) is 10.6 Å². The number of fused-ring (bicyclic) bond motifs is 2. The summed E-state index contributed by atoms with van der Waals surface area (Å²) in [5.74, 6) is -1.68. The maximum atomic E-state index is 11.5. The Bertz CT molecular complexity index is 2650. The largest absolute Gasteiger partial charge is 1.00 e. The number of azo groups is 2. The van der Waals surface area contributed by atoms with E-state index in [1.807, 2.05) is 0 Å². The Balaban J connectivity index is 0.000000300. The topological polar surface area (TPSA) is 309 Å². The predicted molar refractivity (Wildman–Crippen MR) is 208 cm³/mol. The summed E-state index contributed by atoms with van der Waals surface area (Å²) in [5, 5.41) is 73.8. The van der Waals surface area contributed by atoms with Crippen LogP contribution in [0.1, 0.15) is 15.3 Å². The molecule has 294 valence electrons. The van der Waals surface area contributed by atoms with Gasteiger partial charge in [-0.05, 0) is 71.4 Å². The summed E-state index contributed by atoms with van der Waals surface area (Å²) >= 11 is 0. The van der Waals surface area contributed by atoms with Crippen molar-refractivity contribution in [2.24, 2.45) is 30.7 Å². The fourth-order valence-corrected chi connectivity index (χ4v) is 6.28. The molecule has 0 saturated carbocycles. The molecule has 6 rings (SSSR count). The van der Waals surface area contributed by atoms with E-state index in [0.29, 0.717) is 32.9 Å². The van der Waals surface area contributed by atoms with E-state index in [1.165, 1.54) is 26.0 Å². The summed E-state index contributed by atoms with van der Waals surface area (Å²) in [4.78, 5) is 22.5. The van der Waals surface area contributed by atoms with Gasteiger partial charge >= 0.3 is 1.43 Å². The number of amides is 2. The molecule has 0 fully saturated rings. The Morgan fingerprint density at radius 3 is 1.23 bits per heavy atom. The molecule has 57 heavy (non-hydrogen) atoms. The zero-order valence-corrected chi connectivity index (χ0v) is 32.6. The molecule has 0 aliphatic rings. The Kier molecular flexibility index (Phi) is 13.3. The molecule has 0 spiro atoms. The van der Waals surface area contributed by atoms with Crippen LogP contribution in [-0.2, 0) is 47.0 Å². The molecule has 0 heterocycles. The van der Waals surface area contributed by atoms with Crippen molar-refractivity contribution >= 4 is 87.5 Å². The molecule has 0 bridgehead atoms.